The Kier molecular flexibility index (Phi) is 5.16. The molecule has 104 valence electrons. The van der Waals surface area contributed by atoms with Crippen molar-refractivity contribution in [2.24, 2.45) is 0 Å². The Morgan fingerprint density at radius 1 is 1.26 bits per heavy atom. The summed E-state index contributed by atoms with van der Waals surface area (Å²) >= 11 is 2.17. The van der Waals surface area contributed by atoms with Gasteiger partial charge in [0.2, 0.25) is 0 Å². The molecule has 0 aliphatic rings. The minimum absolute atomic E-state index is 0.334. The van der Waals surface area contributed by atoms with Gasteiger partial charge in [0, 0.05) is 14.8 Å². The highest BCUT2D eigenvalue weighted by atomic mass is 127. The third-order valence-corrected chi connectivity index (χ3v) is 3.16. The van der Waals surface area contributed by atoms with Gasteiger partial charge in [-0.15, -0.1) is 0 Å². The molecule has 6 heteroatoms. The van der Waals surface area contributed by atoms with Crippen molar-refractivity contribution in [2.75, 3.05) is 11.9 Å². The third-order valence-electron chi connectivity index (χ3n) is 2.44. The molecule has 0 fully saturated rings. The quantitative estimate of drug-likeness (QED) is 0.797. The number of carboxylic acids is 1. The van der Waals surface area contributed by atoms with Gasteiger partial charge < -0.3 is 15.3 Å². The van der Waals surface area contributed by atoms with Crippen molar-refractivity contribution in [3.05, 3.63) is 27.8 Å². The van der Waals surface area contributed by atoms with Gasteiger partial charge in [0.25, 0.3) is 0 Å². The molecular formula is C13H17IN2O3. The molecule has 5 nitrogen and oxygen atoms in total. The molecule has 2 N–H and O–H groups in total. The number of nitrogens with zero attached hydrogens (tertiary/aromatic N) is 1. The molecule has 0 bridgehead atoms. The van der Waals surface area contributed by atoms with E-state index in [0.717, 1.165) is 3.57 Å². The van der Waals surface area contributed by atoms with Gasteiger partial charge >= 0.3 is 12.0 Å². The fraction of sp³-hybridized carbons (Fsp3) is 0.385. The Morgan fingerprint density at radius 3 is 2.21 bits per heavy atom. The maximum absolute atomic E-state index is 12.1. The van der Waals surface area contributed by atoms with Crippen molar-refractivity contribution in [3.8, 4) is 0 Å². The lowest BCUT2D eigenvalue weighted by atomic mass is 10.1. The van der Waals surface area contributed by atoms with Crippen LogP contribution in [0.2, 0.25) is 0 Å². The van der Waals surface area contributed by atoms with Crippen LogP contribution in [0.3, 0.4) is 0 Å². The zero-order valence-electron chi connectivity index (χ0n) is 11.1. The SMILES string of the molecule is CC(C)(C)N(CC(=O)O)C(=O)Nc1ccc(I)cc1. The number of benzene rings is 1. The van der Waals surface area contributed by atoms with Gasteiger partial charge in [0.05, 0.1) is 0 Å². The Labute approximate surface area is 126 Å². The Hall–Kier alpha value is -1.31. The van der Waals surface area contributed by atoms with Crippen molar-refractivity contribution >= 4 is 40.3 Å². The molecule has 1 aromatic carbocycles. The van der Waals surface area contributed by atoms with E-state index >= 15 is 0 Å². The van der Waals surface area contributed by atoms with E-state index in [9.17, 15) is 9.59 Å². The standard InChI is InChI=1S/C13H17IN2O3/c1-13(2,3)16(8-11(17)18)12(19)15-10-6-4-9(14)5-7-10/h4-7H,8H2,1-3H3,(H,15,19)(H,17,18). The van der Waals surface area contributed by atoms with E-state index in [0.29, 0.717) is 5.69 Å². The summed E-state index contributed by atoms with van der Waals surface area (Å²) in [5, 5.41) is 11.6. The second-order valence-electron chi connectivity index (χ2n) is 5.09. The lowest BCUT2D eigenvalue weighted by Crippen LogP contribution is -2.50. The number of amides is 2. The fourth-order valence-corrected chi connectivity index (χ4v) is 1.83. The minimum Gasteiger partial charge on any atom is -0.480 e. The van der Waals surface area contributed by atoms with E-state index < -0.39 is 17.5 Å². The largest absolute Gasteiger partial charge is 0.480 e. The maximum atomic E-state index is 12.1. The first kappa shape index (κ1) is 15.7. The van der Waals surface area contributed by atoms with Crippen molar-refractivity contribution in [2.45, 2.75) is 26.3 Å². The predicted octanol–water partition coefficient (Wildman–Crippen LogP) is 3.01. The van der Waals surface area contributed by atoms with E-state index in [4.69, 9.17) is 5.11 Å². The second-order valence-corrected chi connectivity index (χ2v) is 6.33. The number of rotatable bonds is 3. The van der Waals surface area contributed by atoms with Crippen LogP contribution in [0, 0.1) is 3.57 Å². The predicted molar refractivity (Wildman–Crippen MR) is 82.3 cm³/mol. The van der Waals surface area contributed by atoms with Crippen LogP contribution in [0.4, 0.5) is 10.5 Å². The topological polar surface area (TPSA) is 69.6 Å². The summed E-state index contributed by atoms with van der Waals surface area (Å²) < 4.78 is 1.06. The lowest BCUT2D eigenvalue weighted by molar-refractivity contribution is -0.138. The number of halogens is 1. The van der Waals surface area contributed by atoms with E-state index in [-0.39, 0.29) is 6.54 Å². The number of hydrogen-bond acceptors (Lipinski definition) is 2. The van der Waals surface area contributed by atoms with Gasteiger partial charge in [0.15, 0.2) is 0 Å². The summed E-state index contributed by atoms with van der Waals surface area (Å²) in [6.07, 6.45) is 0. The van der Waals surface area contributed by atoms with E-state index in [1.54, 1.807) is 32.9 Å². The van der Waals surface area contributed by atoms with Crippen LogP contribution in [0.5, 0.6) is 0 Å². The van der Waals surface area contributed by atoms with Gasteiger partial charge in [-0.2, -0.15) is 0 Å². The van der Waals surface area contributed by atoms with Gasteiger partial charge in [-0.25, -0.2) is 4.79 Å². The fourth-order valence-electron chi connectivity index (χ4n) is 1.47. The molecule has 1 rings (SSSR count). The number of carbonyl (C=O) groups excluding carboxylic acids is 1. The highest BCUT2D eigenvalue weighted by molar-refractivity contribution is 14.1. The summed E-state index contributed by atoms with van der Waals surface area (Å²) in [7, 11) is 0. The average Bonchev–Trinajstić information content (AvgIpc) is 2.27. The normalized spacial score (nSPS) is 10.9. The summed E-state index contributed by atoms with van der Waals surface area (Å²) in [6, 6.07) is 6.88. The molecular weight excluding hydrogens is 359 g/mol. The number of anilines is 1. The van der Waals surface area contributed by atoms with Crippen LogP contribution in [0.15, 0.2) is 24.3 Å². The Bertz CT molecular complexity index is 466. The van der Waals surface area contributed by atoms with Crippen molar-refractivity contribution in [1.82, 2.24) is 4.90 Å². The summed E-state index contributed by atoms with van der Waals surface area (Å²) in [5.74, 6) is -1.03. The van der Waals surface area contributed by atoms with Crippen molar-refractivity contribution in [3.63, 3.8) is 0 Å². The van der Waals surface area contributed by atoms with Gasteiger partial charge in [-0.05, 0) is 67.6 Å². The molecule has 0 aromatic heterocycles. The molecule has 0 saturated carbocycles. The molecule has 0 aliphatic heterocycles. The van der Waals surface area contributed by atoms with Crippen LogP contribution in [-0.2, 0) is 4.79 Å². The first-order valence-electron chi connectivity index (χ1n) is 5.76. The number of urea groups is 1. The molecule has 0 heterocycles. The molecule has 0 unspecified atom stereocenters. The average molecular weight is 376 g/mol. The first-order chi connectivity index (χ1) is 8.70. The Balaban J connectivity index is 2.82. The maximum Gasteiger partial charge on any atom is 0.323 e. The zero-order chi connectivity index (χ0) is 14.6. The molecule has 2 amide bonds. The summed E-state index contributed by atoms with van der Waals surface area (Å²) in [4.78, 5) is 24.2. The van der Waals surface area contributed by atoms with Crippen LogP contribution in [0.1, 0.15) is 20.8 Å². The lowest BCUT2D eigenvalue weighted by Gasteiger charge is -2.34. The molecule has 0 spiro atoms. The number of nitrogens with one attached hydrogen (secondary N) is 1. The first-order valence-corrected chi connectivity index (χ1v) is 6.84. The van der Waals surface area contributed by atoms with Crippen LogP contribution in [-0.4, -0.2) is 34.1 Å². The second kappa shape index (κ2) is 6.23. The van der Waals surface area contributed by atoms with Crippen molar-refractivity contribution < 1.29 is 14.7 Å². The summed E-state index contributed by atoms with van der Waals surface area (Å²) in [5.41, 5.74) is 0.0798. The Morgan fingerprint density at radius 2 is 1.79 bits per heavy atom. The third kappa shape index (κ3) is 5.06. The number of carboxylic acid groups (broad SMARTS) is 1. The molecule has 0 aliphatic carbocycles. The zero-order valence-corrected chi connectivity index (χ0v) is 13.3. The molecule has 1 aromatic rings. The summed E-state index contributed by atoms with van der Waals surface area (Å²) in [6.45, 7) is 5.05. The van der Waals surface area contributed by atoms with Gasteiger partial charge in [-0.3, -0.25) is 4.79 Å². The van der Waals surface area contributed by atoms with Crippen LogP contribution < -0.4 is 5.32 Å². The van der Waals surface area contributed by atoms with Crippen molar-refractivity contribution in [1.29, 1.82) is 0 Å². The smallest absolute Gasteiger partial charge is 0.323 e. The molecule has 0 radical (unpaired) electrons. The van der Waals surface area contributed by atoms with Gasteiger partial charge in [-0.1, -0.05) is 0 Å². The number of carbonyl (C=O) groups is 2. The van der Waals surface area contributed by atoms with Crippen LogP contribution >= 0.6 is 22.6 Å². The highest BCUT2D eigenvalue weighted by Gasteiger charge is 2.28. The number of aliphatic carboxylic acids is 1. The van der Waals surface area contributed by atoms with E-state index in [1.165, 1.54) is 4.90 Å². The van der Waals surface area contributed by atoms with E-state index in [2.05, 4.69) is 27.9 Å². The monoisotopic (exact) mass is 376 g/mol. The van der Waals surface area contributed by atoms with Gasteiger partial charge in [0.1, 0.15) is 6.54 Å². The van der Waals surface area contributed by atoms with Crippen LogP contribution in [0.25, 0.3) is 0 Å². The molecule has 0 atom stereocenters. The minimum atomic E-state index is -1.03. The highest BCUT2D eigenvalue weighted by Crippen LogP contribution is 2.16. The number of hydrogen-bond donors (Lipinski definition) is 2. The van der Waals surface area contributed by atoms with E-state index in [1.807, 2.05) is 12.1 Å². The molecule has 19 heavy (non-hydrogen) atoms. The molecule has 0 saturated heterocycles.